The molecule has 0 aliphatic carbocycles. The van der Waals surface area contributed by atoms with Crippen molar-refractivity contribution >= 4 is 11.8 Å². The molecular formula is C25H34N2O3. The quantitative estimate of drug-likeness (QED) is 0.556. The maximum absolute atomic E-state index is 13.0. The first kappa shape index (κ1) is 23.5. The lowest BCUT2D eigenvalue weighted by atomic mass is 10.1. The second-order valence-electron chi connectivity index (χ2n) is 7.77. The van der Waals surface area contributed by atoms with Gasteiger partial charge in [0.2, 0.25) is 11.8 Å². The third-order valence-corrected chi connectivity index (χ3v) is 5.15. The predicted octanol–water partition coefficient (Wildman–Crippen LogP) is 4.49. The maximum atomic E-state index is 13.0. The van der Waals surface area contributed by atoms with Gasteiger partial charge in [0.05, 0.1) is 6.61 Å². The first-order valence-electron chi connectivity index (χ1n) is 10.7. The second kappa shape index (κ2) is 12.0. The van der Waals surface area contributed by atoms with Gasteiger partial charge in [-0.05, 0) is 51.3 Å². The number of hydrogen-bond donors (Lipinski definition) is 1. The van der Waals surface area contributed by atoms with E-state index in [2.05, 4.69) is 11.4 Å². The maximum Gasteiger partial charge on any atom is 0.242 e. The number of ether oxygens (including phenoxy) is 1. The van der Waals surface area contributed by atoms with Crippen LogP contribution in [0.5, 0.6) is 5.75 Å². The van der Waals surface area contributed by atoms with Crippen LogP contribution in [0.25, 0.3) is 0 Å². The highest BCUT2D eigenvalue weighted by Crippen LogP contribution is 2.14. The Labute approximate surface area is 180 Å². The summed E-state index contributed by atoms with van der Waals surface area (Å²) in [5.41, 5.74) is 2.15. The third kappa shape index (κ3) is 7.54. The molecule has 162 valence electrons. The van der Waals surface area contributed by atoms with Crippen molar-refractivity contribution in [2.24, 2.45) is 0 Å². The Morgan fingerprint density at radius 2 is 1.80 bits per heavy atom. The van der Waals surface area contributed by atoms with Gasteiger partial charge < -0.3 is 15.0 Å². The van der Waals surface area contributed by atoms with Crippen LogP contribution in [-0.4, -0.2) is 35.4 Å². The van der Waals surface area contributed by atoms with E-state index in [9.17, 15) is 9.59 Å². The van der Waals surface area contributed by atoms with Crippen molar-refractivity contribution in [3.63, 3.8) is 0 Å². The number of carbonyl (C=O) groups is 2. The first-order chi connectivity index (χ1) is 14.4. The van der Waals surface area contributed by atoms with Crippen molar-refractivity contribution in [1.29, 1.82) is 0 Å². The molecule has 0 radical (unpaired) electrons. The van der Waals surface area contributed by atoms with E-state index < -0.39 is 6.04 Å². The molecule has 2 rings (SSSR count). The summed E-state index contributed by atoms with van der Waals surface area (Å²) in [6.45, 7) is 8.69. The monoisotopic (exact) mass is 410 g/mol. The van der Waals surface area contributed by atoms with Crippen LogP contribution in [-0.2, 0) is 16.1 Å². The number of hydrogen-bond acceptors (Lipinski definition) is 3. The van der Waals surface area contributed by atoms with Gasteiger partial charge in [-0.25, -0.2) is 0 Å². The Balaban J connectivity index is 2.01. The summed E-state index contributed by atoms with van der Waals surface area (Å²) in [6, 6.07) is 17.1. The van der Waals surface area contributed by atoms with Crippen molar-refractivity contribution < 1.29 is 14.3 Å². The minimum absolute atomic E-state index is 0.0417. The largest absolute Gasteiger partial charge is 0.494 e. The zero-order valence-electron chi connectivity index (χ0n) is 18.6. The summed E-state index contributed by atoms with van der Waals surface area (Å²) in [4.78, 5) is 27.4. The van der Waals surface area contributed by atoms with E-state index in [0.717, 1.165) is 23.3 Å². The highest BCUT2D eigenvalue weighted by atomic mass is 16.5. The van der Waals surface area contributed by atoms with E-state index in [0.29, 0.717) is 26.0 Å². The summed E-state index contributed by atoms with van der Waals surface area (Å²) in [5, 5.41) is 2.99. The Kier molecular flexibility index (Phi) is 9.39. The zero-order valence-corrected chi connectivity index (χ0v) is 18.6. The average Bonchev–Trinajstić information content (AvgIpc) is 2.75. The SMILES string of the molecule is CC[C@@H](C)NC(=O)[C@H](C)N(Cc1cccc(C)c1)C(=O)CCCOc1ccccc1. The van der Waals surface area contributed by atoms with Crippen molar-refractivity contribution in [2.75, 3.05) is 6.61 Å². The zero-order chi connectivity index (χ0) is 21.9. The van der Waals surface area contributed by atoms with Crippen LogP contribution in [0.3, 0.4) is 0 Å². The Hall–Kier alpha value is -2.82. The van der Waals surface area contributed by atoms with E-state index in [1.54, 1.807) is 11.8 Å². The fourth-order valence-corrected chi connectivity index (χ4v) is 3.13. The van der Waals surface area contributed by atoms with Gasteiger partial charge in [-0.15, -0.1) is 0 Å². The molecule has 2 atom stereocenters. The van der Waals surface area contributed by atoms with Gasteiger partial charge in [0.25, 0.3) is 0 Å². The third-order valence-electron chi connectivity index (χ3n) is 5.15. The van der Waals surface area contributed by atoms with Gasteiger partial charge in [0.15, 0.2) is 0 Å². The van der Waals surface area contributed by atoms with Crippen LogP contribution in [0.15, 0.2) is 54.6 Å². The van der Waals surface area contributed by atoms with Gasteiger partial charge in [-0.1, -0.05) is 55.0 Å². The molecule has 0 spiro atoms. The number of carbonyl (C=O) groups excluding carboxylic acids is 2. The summed E-state index contributed by atoms with van der Waals surface area (Å²) in [7, 11) is 0. The lowest BCUT2D eigenvalue weighted by Gasteiger charge is -2.30. The van der Waals surface area contributed by atoms with Crippen LogP contribution in [0.1, 0.15) is 51.2 Å². The molecule has 0 aliphatic rings. The number of nitrogens with zero attached hydrogens (tertiary/aromatic N) is 1. The second-order valence-corrected chi connectivity index (χ2v) is 7.77. The highest BCUT2D eigenvalue weighted by molar-refractivity contribution is 5.87. The topological polar surface area (TPSA) is 58.6 Å². The van der Waals surface area contributed by atoms with Crippen molar-refractivity contribution in [2.45, 2.75) is 65.6 Å². The number of para-hydroxylation sites is 1. The van der Waals surface area contributed by atoms with Crippen LogP contribution < -0.4 is 10.1 Å². The lowest BCUT2D eigenvalue weighted by Crippen LogP contribution is -2.49. The summed E-state index contributed by atoms with van der Waals surface area (Å²) in [5.74, 6) is 0.633. The molecule has 0 heterocycles. The molecule has 30 heavy (non-hydrogen) atoms. The molecule has 0 unspecified atom stereocenters. The van der Waals surface area contributed by atoms with Crippen molar-refractivity contribution in [3.05, 3.63) is 65.7 Å². The number of benzene rings is 2. The van der Waals surface area contributed by atoms with Gasteiger partial charge in [0.1, 0.15) is 11.8 Å². The van der Waals surface area contributed by atoms with E-state index in [4.69, 9.17) is 4.74 Å². The molecule has 2 aromatic carbocycles. The molecule has 0 aromatic heterocycles. The number of aryl methyl sites for hydroxylation is 1. The van der Waals surface area contributed by atoms with E-state index >= 15 is 0 Å². The molecule has 2 amide bonds. The Morgan fingerprint density at radius 3 is 2.47 bits per heavy atom. The summed E-state index contributed by atoms with van der Waals surface area (Å²) in [6.07, 6.45) is 1.78. The molecule has 0 fully saturated rings. The smallest absolute Gasteiger partial charge is 0.242 e. The molecule has 0 saturated heterocycles. The fraction of sp³-hybridized carbons (Fsp3) is 0.440. The summed E-state index contributed by atoms with van der Waals surface area (Å²) >= 11 is 0. The Bertz CT molecular complexity index is 807. The molecule has 1 N–H and O–H groups in total. The predicted molar refractivity (Wildman–Crippen MR) is 120 cm³/mol. The number of amides is 2. The number of nitrogens with one attached hydrogen (secondary N) is 1. The van der Waals surface area contributed by atoms with E-state index in [1.165, 1.54) is 0 Å². The Morgan fingerprint density at radius 1 is 1.07 bits per heavy atom. The van der Waals surface area contributed by atoms with E-state index in [-0.39, 0.29) is 17.9 Å². The molecule has 0 bridgehead atoms. The highest BCUT2D eigenvalue weighted by Gasteiger charge is 2.26. The normalized spacial score (nSPS) is 12.7. The standard InChI is InChI=1S/C25H34N2O3/c1-5-20(3)26-25(29)21(4)27(18-22-12-9-11-19(2)17-22)24(28)15-10-16-30-23-13-7-6-8-14-23/h6-9,11-14,17,20-21H,5,10,15-16,18H2,1-4H3,(H,26,29)/t20-,21+/m1/s1. The van der Waals surface area contributed by atoms with Crippen molar-refractivity contribution in [3.8, 4) is 5.75 Å². The minimum atomic E-state index is -0.540. The van der Waals surface area contributed by atoms with Gasteiger partial charge in [-0.3, -0.25) is 9.59 Å². The molecule has 5 heteroatoms. The van der Waals surface area contributed by atoms with Crippen LogP contribution in [0.4, 0.5) is 0 Å². The summed E-state index contributed by atoms with van der Waals surface area (Å²) < 4.78 is 5.70. The molecule has 0 aliphatic heterocycles. The van der Waals surface area contributed by atoms with Gasteiger partial charge in [0, 0.05) is 19.0 Å². The molecule has 2 aromatic rings. The van der Waals surface area contributed by atoms with Crippen LogP contribution in [0.2, 0.25) is 0 Å². The lowest BCUT2D eigenvalue weighted by molar-refractivity contribution is -0.141. The average molecular weight is 411 g/mol. The molecular weight excluding hydrogens is 376 g/mol. The first-order valence-corrected chi connectivity index (χ1v) is 10.7. The molecule has 0 saturated carbocycles. The minimum Gasteiger partial charge on any atom is -0.494 e. The number of rotatable bonds is 11. The van der Waals surface area contributed by atoms with Crippen LogP contribution >= 0.6 is 0 Å². The van der Waals surface area contributed by atoms with Crippen molar-refractivity contribution in [1.82, 2.24) is 10.2 Å². The van der Waals surface area contributed by atoms with Gasteiger partial charge in [-0.2, -0.15) is 0 Å². The van der Waals surface area contributed by atoms with Gasteiger partial charge >= 0.3 is 0 Å². The van der Waals surface area contributed by atoms with Crippen LogP contribution in [0, 0.1) is 6.92 Å². The fourth-order valence-electron chi connectivity index (χ4n) is 3.13. The molecule has 5 nitrogen and oxygen atoms in total. The van der Waals surface area contributed by atoms with E-state index in [1.807, 2.05) is 69.3 Å².